The van der Waals surface area contributed by atoms with Crippen molar-refractivity contribution in [2.24, 2.45) is 0 Å². The minimum Gasteiger partial charge on any atom is -0.494 e. The van der Waals surface area contributed by atoms with Gasteiger partial charge in [0.05, 0.1) is 17.8 Å². The maximum Gasteiger partial charge on any atom is 0.124 e. The number of nitrogens with one attached hydrogen (secondary N) is 1. The first-order valence-corrected chi connectivity index (χ1v) is 14.0. The van der Waals surface area contributed by atoms with Crippen LogP contribution in [0.2, 0.25) is 5.02 Å². The molecule has 0 atom stereocenters. The minimum atomic E-state index is 0.661. The van der Waals surface area contributed by atoms with Crippen molar-refractivity contribution in [3.63, 3.8) is 0 Å². The minimum absolute atomic E-state index is 0.661. The molecule has 4 nitrogen and oxygen atoms in total. The Bertz CT molecular complexity index is 1580. The second-order valence-electron chi connectivity index (χ2n) is 9.63. The number of nitrogens with zero attached hydrogens (tertiary/aromatic N) is 2. The molecule has 3 aromatic carbocycles. The average Bonchev–Trinajstić information content (AvgIpc) is 3.36. The number of thiocarbonyl (C=S) groups is 1. The number of hydrogen-bond acceptors (Lipinski definition) is 2. The normalized spacial score (nSPS) is 12.9. The van der Waals surface area contributed by atoms with Gasteiger partial charge < -0.3 is 19.2 Å². The summed E-state index contributed by atoms with van der Waals surface area (Å²) in [4.78, 5) is 0.746. The predicted octanol–water partition coefficient (Wildman–Crippen LogP) is 7.95. The molecule has 0 amide bonds. The zero-order valence-electron chi connectivity index (χ0n) is 21.4. The topological polar surface area (TPSA) is 31.1 Å². The quantitative estimate of drug-likeness (QED) is 0.213. The van der Waals surface area contributed by atoms with Crippen LogP contribution in [0.25, 0.3) is 27.8 Å². The summed E-state index contributed by atoms with van der Waals surface area (Å²) in [5.74, 6) is 0.894. The van der Waals surface area contributed by atoms with Crippen LogP contribution in [-0.4, -0.2) is 20.7 Å². The lowest BCUT2D eigenvalue weighted by Crippen LogP contribution is -2.24. The molecule has 0 saturated heterocycles. The van der Waals surface area contributed by atoms with Crippen LogP contribution in [0, 0.1) is 0 Å². The maximum atomic E-state index is 6.27. The van der Waals surface area contributed by atoms with E-state index in [0.29, 0.717) is 13.2 Å². The molecule has 0 radical (unpaired) electrons. The number of aryl methyl sites for hydroxylation is 2. The molecular weight excluding hydrogens is 510 g/mol. The molecule has 38 heavy (non-hydrogen) atoms. The summed E-state index contributed by atoms with van der Waals surface area (Å²) in [7, 11) is 0. The Balaban J connectivity index is 1.52. The molecule has 2 aromatic heterocycles. The molecule has 0 fully saturated rings. The van der Waals surface area contributed by atoms with Crippen molar-refractivity contribution in [2.75, 3.05) is 6.61 Å². The number of aromatic nitrogens is 2. The summed E-state index contributed by atoms with van der Waals surface area (Å²) >= 11 is 12.4. The largest absolute Gasteiger partial charge is 0.494 e. The fourth-order valence-corrected chi connectivity index (χ4v) is 5.91. The van der Waals surface area contributed by atoms with Gasteiger partial charge in [-0.2, -0.15) is 0 Å². The number of rotatable bonds is 7. The van der Waals surface area contributed by atoms with E-state index < -0.39 is 0 Å². The lowest BCUT2D eigenvalue weighted by Gasteiger charge is -2.16. The van der Waals surface area contributed by atoms with Gasteiger partial charge in [0.2, 0.25) is 0 Å². The van der Waals surface area contributed by atoms with Crippen molar-refractivity contribution in [3.05, 3.63) is 107 Å². The van der Waals surface area contributed by atoms with Crippen molar-refractivity contribution >= 4 is 39.7 Å². The first-order chi connectivity index (χ1) is 18.6. The number of hydrogen-bond donors (Lipinski definition) is 1. The monoisotopic (exact) mass is 539 g/mol. The van der Waals surface area contributed by atoms with Crippen LogP contribution in [0.4, 0.5) is 0 Å². The predicted molar refractivity (Wildman–Crippen MR) is 161 cm³/mol. The number of benzene rings is 3. The average molecular weight is 540 g/mol. The van der Waals surface area contributed by atoms with Crippen LogP contribution < -0.4 is 10.1 Å². The van der Waals surface area contributed by atoms with Gasteiger partial charge in [-0.15, -0.1) is 0 Å². The molecule has 1 aliphatic heterocycles. The Morgan fingerprint density at radius 2 is 1.74 bits per heavy atom. The van der Waals surface area contributed by atoms with Crippen molar-refractivity contribution in [1.82, 2.24) is 14.5 Å². The molecule has 0 bridgehead atoms. The van der Waals surface area contributed by atoms with Crippen LogP contribution in [0.3, 0.4) is 0 Å². The highest BCUT2D eigenvalue weighted by atomic mass is 35.5. The van der Waals surface area contributed by atoms with Crippen molar-refractivity contribution < 1.29 is 4.74 Å². The fourth-order valence-electron chi connectivity index (χ4n) is 5.52. The zero-order valence-corrected chi connectivity index (χ0v) is 23.0. The summed E-state index contributed by atoms with van der Waals surface area (Å²) in [6, 6.07) is 29.2. The Morgan fingerprint density at radius 3 is 2.47 bits per heavy atom. The van der Waals surface area contributed by atoms with E-state index in [-0.39, 0.29) is 0 Å². The molecular formula is C32H30ClN3OS. The SMILES string of the molecule is CCOc1ccc(-c2cc3c(C(=S)NCc4ccccc4)n(-c4ccc(Cl)cc4)c4c3n2CCCC4)cc1. The van der Waals surface area contributed by atoms with Crippen LogP contribution in [0.15, 0.2) is 84.9 Å². The number of ether oxygens (including phenoxy) is 1. The van der Waals surface area contributed by atoms with Gasteiger partial charge in [0, 0.05) is 40.6 Å². The van der Waals surface area contributed by atoms with Gasteiger partial charge in [0.1, 0.15) is 10.7 Å². The second-order valence-corrected chi connectivity index (χ2v) is 10.5. The van der Waals surface area contributed by atoms with Gasteiger partial charge >= 0.3 is 0 Å². The summed E-state index contributed by atoms with van der Waals surface area (Å²) in [5, 5.41) is 5.46. The van der Waals surface area contributed by atoms with Gasteiger partial charge in [0.25, 0.3) is 0 Å². The van der Waals surface area contributed by atoms with Crippen LogP contribution in [-0.2, 0) is 19.5 Å². The smallest absolute Gasteiger partial charge is 0.124 e. The van der Waals surface area contributed by atoms with Gasteiger partial charge in [0.15, 0.2) is 0 Å². The standard InChI is InChI=1S/C32H30ClN3OS/c1-2-37-26-17-11-23(12-18-26)29-20-27-30-28(10-6-7-19-35(29)30)36(25-15-13-24(33)14-16-25)31(27)32(38)34-21-22-8-4-3-5-9-22/h3-5,8-9,11-18,20H,2,6-7,10,19,21H2,1H3,(H,34,38). The van der Waals surface area contributed by atoms with E-state index in [0.717, 1.165) is 52.9 Å². The van der Waals surface area contributed by atoms with Crippen molar-refractivity contribution in [1.29, 1.82) is 0 Å². The molecule has 0 spiro atoms. The first kappa shape index (κ1) is 24.8. The molecule has 5 aromatic rings. The van der Waals surface area contributed by atoms with Crippen LogP contribution in [0.1, 0.15) is 36.7 Å². The third-order valence-electron chi connectivity index (χ3n) is 7.22. The highest BCUT2D eigenvalue weighted by Gasteiger charge is 2.27. The molecule has 0 saturated carbocycles. The Morgan fingerprint density at radius 1 is 0.974 bits per heavy atom. The molecule has 6 rings (SSSR count). The maximum absolute atomic E-state index is 6.27. The van der Waals surface area contributed by atoms with E-state index in [9.17, 15) is 0 Å². The molecule has 192 valence electrons. The van der Waals surface area contributed by atoms with E-state index in [1.54, 1.807) is 0 Å². The zero-order chi connectivity index (χ0) is 26.1. The molecule has 0 unspecified atom stereocenters. The molecule has 0 aliphatic carbocycles. The number of halogens is 1. The fraction of sp³-hybridized carbons (Fsp3) is 0.219. The van der Waals surface area contributed by atoms with Crippen LogP contribution >= 0.6 is 23.8 Å². The van der Waals surface area contributed by atoms with E-state index in [2.05, 4.69) is 81.2 Å². The van der Waals surface area contributed by atoms with Gasteiger partial charge in [-0.1, -0.05) is 54.2 Å². The van der Waals surface area contributed by atoms with Gasteiger partial charge in [-0.05, 0) is 91.9 Å². The second kappa shape index (κ2) is 10.7. The van der Waals surface area contributed by atoms with Gasteiger partial charge in [-0.25, -0.2) is 0 Å². The lowest BCUT2D eigenvalue weighted by atomic mass is 10.1. The molecule has 1 N–H and O–H groups in total. The summed E-state index contributed by atoms with van der Waals surface area (Å²) in [6.45, 7) is 4.33. The highest BCUT2D eigenvalue weighted by molar-refractivity contribution is 7.80. The van der Waals surface area contributed by atoms with Gasteiger partial charge in [-0.3, -0.25) is 0 Å². The van der Waals surface area contributed by atoms with Crippen LogP contribution in [0.5, 0.6) is 5.75 Å². The van der Waals surface area contributed by atoms with E-state index >= 15 is 0 Å². The van der Waals surface area contributed by atoms with Crippen molar-refractivity contribution in [2.45, 2.75) is 39.3 Å². The summed E-state index contributed by atoms with van der Waals surface area (Å²) in [6.07, 6.45) is 3.25. The molecule has 1 aliphatic rings. The Labute approximate surface area is 233 Å². The van der Waals surface area contributed by atoms with E-state index in [4.69, 9.17) is 28.6 Å². The summed E-state index contributed by atoms with van der Waals surface area (Å²) < 4.78 is 10.5. The summed E-state index contributed by atoms with van der Waals surface area (Å²) in [5.41, 5.74) is 8.30. The Hall–Kier alpha value is -3.54. The molecule has 6 heteroatoms. The van der Waals surface area contributed by atoms with Crippen molar-refractivity contribution in [3.8, 4) is 22.7 Å². The Kier molecular flexibility index (Phi) is 6.96. The molecule has 3 heterocycles. The van der Waals surface area contributed by atoms with E-state index in [1.165, 1.54) is 33.4 Å². The lowest BCUT2D eigenvalue weighted by molar-refractivity contribution is 0.340. The highest BCUT2D eigenvalue weighted by Crippen LogP contribution is 2.39. The van der Waals surface area contributed by atoms with E-state index in [1.807, 2.05) is 25.1 Å². The third-order valence-corrected chi connectivity index (χ3v) is 7.81. The first-order valence-electron chi connectivity index (χ1n) is 13.2. The third kappa shape index (κ3) is 4.61.